The number of halogens is 1. The first-order chi connectivity index (χ1) is 14.7. The van der Waals surface area contributed by atoms with Crippen LogP contribution in [0.15, 0.2) is 18.2 Å². The van der Waals surface area contributed by atoms with Crippen molar-refractivity contribution >= 4 is 33.1 Å². The van der Waals surface area contributed by atoms with Crippen LogP contribution in [-0.4, -0.2) is 85.9 Å². The van der Waals surface area contributed by atoms with Crippen molar-refractivity contribution in [1.29, 1.82) is 0 Å². The summed E-state index contributed by atoms with van der Waals surface area (Å²) in [6.45, 7) is 6.28. The van der Waals surface area contributed by atoms with Crippen molar-refractivity contribution in [2.24, 2.45) is 0 Å². The maximum atomic E-state index is 13.0. The number of Topliss-reactive ketones (excluding diaryl/α,β-unsaturated/α-hetero) is 1. The highest BCUT2D eigenvalue weighted by molar-refractivity contribution is 7.89. The Kier molecular flexibility index (Phi) is 9.55. The van der Waals surface area contributed by atoms with Crippen molar-refractivity contribution in [1.82, 2.24) is 14.1 Å². The second-order valence-corrected chi connectivity index (χ2v) is 11.4. The van der Waals surface area contributed by atoms with Gasteiger partial charge in [0.25, 0.3) is 0 Å². The Hall–Kier alpha value is -1.19. The number of nitrogens with two attached hydrogens (primary N) is 1. The molecule has 0 radical (unpaired) electrons. The molecule has 0 aliphatic carbocycles. The molecule has 9 heteroatoms. The van der Waals surface area contributed by atoms with Crippen molar-refractivity contribution < 1.29 is 13.2 Å². The second kappa shape index (κ2) is 11.3. The number of ketones is 1. The highest BCUT2D eigenvalue weighted by Crippen LogP contribution is 2.35. The Balaban J connectivity index is 0.00000363. The molecule has 2 fully saturated rings. The summed E-state index contributed by atoms with van der Waals surface area (Å²) >= 11 is 6.25. The SMILES string of the molecule is C.CCCS(=O)(=O)N1CCN(C2(CCC(=O)c3c(N)cccc3Cl)CCN(C)CC2)CC1. The molecule has 1 aromatic rings. The highest BCUT2D eigenvalue weighted by atomic mass is 35.5. The van der Waals surface area contributed by atoms with Gasteiger partial charge in [-0.1, -0.05) is 32.0 Å². The van der Waals surface area contributed by atoms with Gasteiger partial charge in [-0.15, -0.1) is 0 Å². The number of carbonyl (C=O) groups is 1. The lowest BCUT2D eigenvalue weighted by molar-refractivity contribution is 0.000281. The zero-order chi connectivity index (χ0) is 22.6. The van der Waals surface area contributed by atoms with Crippen LogP contribution < -0.4 is 5.73 Å². The number of piperidine rings is 1. The van der Waals surface area contributed by atoms with Crippen LogP contribution in [0.2, 0.25) is 5.02 Å². The largest absolute Gasteiger partial charge is 0.398 e. The monoisotopic (exact) mass is 486 g/mol. The van der Waals surface area contributed by atoms with E-state index >= 15 is 0 Å². The topological polar surface area (TPSA) is 87.0 Å². The molecular weight excluding hydrogens is 448 g/mol. The van der Waals surface area contributed by atoms with E-state index in [9.17, 15) is 13.2 Å². The Bertz CT molecular complexity index is 857. The van der Waals surface area contributed by atoms with E-state index in [-0.39, 0.29) is 24.5 Å². The van der Waals surface area contributed by atoms with Crippen molar-refractivity contribution in [3.8, 4) is 0 Å². The van der Waals surface area contributed by atoms with Crippen LogP contribution in [0.5, 0.6) is 0 Å². The van der Waals surface area contributed by atoms with Crippen molar-refractivity contribution in [3.05, 3.63) is 28.8 Å². The van der Waals surface area contributed by atoms with Crippen LogP contribution in [0.3, 0.4) is 0 Å². The number of nitrogen functional groups attached to an aromatic ring is 1. The van der Waals surface area contributed by atoms with Crippen LogP contribution in [0.25, 0.3) is 0 Å². The number of sulfonamides is 1. The van der Waals surface area contributed by atoms with Gasteiger partial charge >= 0.3 is 0 Å². The molecule has 0 atom stereocenters. The fourth-order valence-corrected chi connectivity index (χ4v) is 6.67. The lowest BCUT2D eigenvalue weighted by Gasteiger charge is -2.51. The number of benzene rings is 1. The van der Waals surface area contributed by atoms with E-state index < -0.39 is 10.0 Å². The van der Waals surface area contributed by atoms with E-state index in [1.807, 2.05) is 6.92 Å². The van der Waals surface area contributed by atoms with Gasteiger partial charge in [-0.25, -0.2) is 8.42 Å². The van der Waals surface area contributed by atoms with E-state index in [0.29, 0.717) is 55.3 Å². The van der Waals surface area contributed by atoms with Gasteiger partial charge in [0.1, 0.15) is 0 Å². The van der Waals surface area contributed by atoms with E-state index in [0.717, 1.165) is 32.4 Å². The summed E-state index contributed by atoms with van der Waals surface area (Å²) in [4.78, 5) is 17.7. The second-order valence-electron chi connectivity index (χ2n) is 8.86. The molecular formula is C23H39ClN4O3S. The van der Waals surface area contributed by atoms with Crippen LogP contribution in [-0.2, 0) is 10.0 Å². The number of hydrogen-bond acceptors (Lipinski definition) is 6. The Labute approximate surface area is 198 Å². The third-order valence-corrected chi connectivity index (χ3v) is 9.22. The van der Waals surface area contributed by atoms with Gasteiger partial charge in [0.15, 0.2) is 5.78 Å². The third-order valence-electron chi connectivity index (χ3n) is 6.82. The van der Waals surface area contributed by atoms with Gasteiger partial charge in [-0.3, -0.25) is 9.69 Å². The molecule has 2 saturated heterocycles. The van der Waals surface area contributed by atoms with Crippen LogP contribution in [0, 0.1) is 0 Å². The van der Waals surface area contributed by atoms with Gasteiger partial charge in [0.2, 0.25) is 10.0 Å². The minimum absolute atomic E-state index is 0. The molecule has 0 bridgehead atoms. The molecule has 3 rings (SSSR count). The van der Waals surface area contributed by atoms with Crippen LogP contribution in [0.4, 0.5) is 5.69 Å². The van der Waals surface area contributed by atoms with Gasteiger partial charge in [-0.2, -0.15) is 4.31 Å². The Morgan fingerprint density at radius 3 is 2.31 bits per heavy atom. The summed E-state index contributed by atoms with van der Waals surface area (Å²) in [7, 11) is -1.05. The zero-order valence-corrected chi connectivity index (χ0v) is 20.2. The number of piperazine rings is 1. The van der Waals surface area contributed by atoms with E-state index in [1.165, 1.54) is 0 Å². The summed E-state index contributed by atoms with van der Waals surface area (Å²) in [6.07, 6.45) is 3.68. The predicted octanol–water partition coefficient (Wildman–Crippen LogP) is 3.34. The zero-order valence-electron chi connectivity index (χ0n) is 18.6. The molecule has 0 saturated carbocycles. The lowest BCUT2D eigenvalue weighted by atomic mass is 9.80. The Morgan fingerprint density at radius 1 is 1.12 bits per heavy atom. The first-order valence-electron chi connectivity index (χ1n) is 11.2. The minimum atomic E-state index is -3.17. The number of likely N-dealkylation sites (tertiary alicyclic amines) is 1. The van der Waals surface area contributed by atoms with E-state index in [4.69, 9.17) is 17.3 Å². The number of hydrogen-bond donors (Lipinski definition) is 1. The summed E-state index contributed by atoms with van der Waals surface area (Å²) in [6, 6.07) is 5.16. The van der Waals surface area contributed by atoms with Gasteiger partial charge in [-0.05, 0) is 58.0 Å². The summed E-state index contributed by atoms with van der Waals surface area (Å²) in [5.74, 6) is 0.182. The molecule has 2 aliphatic heterocycles. The molecule has 0 unspecified atom stereocenters. The number of rotatable bonds is 8. The quantitative estimate of drug-likeness (QED) is 0.448. The molecule has 32 heavy (non-hydrogen) atoms. The standard InChI is InChI=1S/C22H35ClN4O3S.CH4/c1-3-17-31(29,30)27-15-13-26(14-16-27)22(9-11-25(2)12-10-22)8-7-20(28)21-18(23)5-4-6-19(21)24;/h4-6H,3,7-17,24H2,1-2H3;1H4. The molecule has 2 heterocycles. The molecule has 0 amide bonds. The van der Waals surface area contributed by atoms with Crippen molar-refractivity contribution in [2.75, 3.05) is 57.8 Å². The molecule has 7 nitrogen and oxygen atoms in total. The average Bonchev–Trinajstić information content (AvgIpc) is 2.74. The molecule has 2 N–H and O–H groups in total. The minimum Gasteiger partial charge on any atom is -0.398 e. The van der Waals surface area contributed by atoms with Gasteiger partial charge in [0, 0.05) is 43.8 Å². The number of anilines is 1. The first kappa shape index (κ1) is 27.1. The summed E-state index contributed by atoms with van der Waals surface area (Å²) in [5, 5.41) is 0.400. The normalized spacial score (nSPS) is 20.6. The van der Waals surface area contributed by atoms with Gasteiger partial charge in [0.05, 0.1) is 16.3 Å². The van der Waals surface area contributed by atoms with Crippen molar-refractivity contribution in [3.63, 3.8) is 0 Å². The fourth-order valence-electron chi connectivity index (χ4n) is 4.89. The smallest absolute Gasteiger partial charge is 0.214 e. The lowest BCUT2D eigenvalue weighted by Crippen LogP contribution is -2.61. The molecule has 1 aromatic carbocycles. The van der Waals surface area contributed by atoms with Crippen LogP contribution >= 0.6 is 11.6 Å². The number of nitrogens with zero attached hydrogens (tertiary/aromatic N) is 3. The van der Waals surface area contributed by atoms with Crippen LogP contribution in [0.1, 0.15) is 56.8 Å². The van der Waals surface area contributed by atoms with Crippen molar-refractivity contribution in [2.45, 2.75) is 52.0 Å². The predicted molar refractivity (Wildman–Crippen MR) is 133 cm³/mol. The molecule has 0 aromatic heterocycles. The summed E-state index contributed by atoms with van der Waals surface area (Å²) in [5.41, 5.74) is 6.76. The molecule has 182 valence electrons. The molecule has 2 aliphatic rings. The van der Waals surface area contributed by atoms with E-state index in [2.05, 4.69) is 16.8 Å². The maximum absolute atomic E-state index is 13.0. The third kappa shape index (κ3) is 6.03. The first-order valence-corrected chi connectivity index (χ1v) is 13.2. The van der Waals surface area contributed by atoms with E-state index in [1.54, 1.807) is 22.5 Å². The average molecular weight is 487 g/mol. The summed E-state index contributed by atoms with van der Waals surface area (Å²) < 4.78 is 26.5. The Morgan fingerprint density at radius 2 is 1.75 bits per heavy atom. The fraction of sp³-hybridized carbons (Fsp3) is 0.696. The molecule has 0 spiro atoms. The van der Waals surface area contributed by atoms with Gasteiger partial charge < -0.3 is 10.6 Å². The highest BCUT2D eigenvalue weighted by Gasteiger charge is 2.41. The number of carbonyl (C=O) groups excluding carboxylic acids is 1. The maximum Gasteiger partial charge on any atom is 0.214 e.